The molecule has 10 rings (SSSR count). The second-order valence-corrected chi connectivity index (χ2v) is 9.47. The van der Waals surface area contributed by atoms with Gasteiger partial charge in [-0.1, -0.05) is 60.7 Å². The fraction of sp³-hybridized carbons (Fsp3) is 0.133. The highest BCUT2D eigenvalue weighted by Gasteiger charge is 2.49. The predicted molar refractivity (Wildman–Crippen MR) is 127 cm³/mol. The number of carboxylic acids is 2. The molecular weight excluding hydrogens is 424 g/mol. The molecule has 0 heterocycles. The Morgan fingerprint density at radius 2 is 0.735 bits per heavy atom. The van der Waals surface area contributed by atoms with Crippen molar-refractivity contribution in [1.82, 2.24) is 0 Å². The lowest BCUT2D eigenvalue weighted by Crippen LogP contribution is -2.36. The van der Waals surface area contributed by atoms with Crippen molar-refractivity contribution in [1.29, 1.82) is 0 Å². The summed E-state index contributed by atoms with van der Waals surface area (Å²) in [5, 5.41) is 19.5. The maximum atomic E-state index is 11.9. The molecule has 164 valence electrons. The summed E-state index contributed by atoms with van der Waals surface area (Å²) in [7, 11) is 0. The van der Waals surface area contributed by atoms with Crippen LogP contribution in [0.3, 0.4) is 0 Å². The quantitative estimate of drug-likeness (QED) is 0.401. The number of hydrogen-bond acceptors (Lipinski definition) is 2. The molecule has 0 saturated carbocycles. The smallest absolute Gasteiger partial charge is 0.335 e. The summed E-state index contributed by atoms with van der Waals surface area (Å²) in [5.41, 5.74) is 9.92. The van der Waals surface area contributed by atoms with Gasteiger partial charge in [-0.3, -0.25) is 0 Å². The molecule has 0 spiro atoms. The van der Waals surface area contributed by atoms with Crippen LogP contribution in [0.4, 0.5) is 0 Å². The van der Waals surface area contributed by atoms with Crippen molar-refractivity contribution >= 4 is 11.9 Å². The van der Waals surface area contributed by atoms with Crippen molar-refractivity contribution in [2.75, 3.05) is 0 Å². The minimum absolute atomic E-state index is 0.0320. The Labute approximate surface area is 196 Å². The minimum atomic E-state index is -0.953. The molecule has 4 bridgehead atoms. The lowest BCUT2D eigenvalue weighted by Gasteiger charge is -2.50. The van der Waals surface area contributed by atoms with Crippen molar-refractivity contribution in [3.63, 3.8) is 0 Å². The van der Waals surface area contributed by atoms with Gasteiger partial charge in [-0.05, 0) is 68.8 Å². The number of carboxylic acid groups (broad SMARTS) is 2. The van der Waals surface area contributed by atoms with Gasteiger partial charge in [0, 0.05) is 23.7 Å². The van der Waals surface area contributed by atoms with Gasteiger partial charge in [-0.15, -0.1) is 0 Å². The highest BCUT2D eigenvalue weighted by Crippen LogP contribution is 2.63. The van der Waals surface area contributed by atoms with E-state index < -0.39 is 11.9 Å². The lowest BCUT2D eigenvalue weighted by molar-refractivity contribution is 0.0686. The van der Waals surface area contributed by atoms with Gasteiger partial charge in [0.05, 0.1) is 11.1 Å². The first-order chi connectivity index (χ1) is 16.5. The molecular formula is C30H20O4. The summed E-state index contributed by atoms with van der Waals surface area (Å²) in [6, 6.07) is 28.1. The Balaban J connectivity index is 1.64. The van der Waals surface area contributed by atoms with E-state index in [1.54, 1.807) is 12.1 Å². The third kappa shape index (κ3) is 2.37. The first-order valence-electron chi connectivity index (χ1n) is 11.5. The van der Waals surface area contributed by atoms with Crippen LogP contribution in [0.15, 0.2) is 84.9 Å². The number of benzene rings is 4. The van der Waals surface area contributed by atoms with Gasteiger partial charge < -0.3 is 10.2 Å². The van der Waals surface area contributed by atoms with Crippen LogP contribution in [0.5, 0.6) is 0 Å². The maximum absolute atomic E-state index is 11.9. The Morgan fingerprint density at radius 3 is 1.06 bits per heavy atom. The topological polar surface area (TPSA) is 74.6 Å². The van der Waals surface area contributed by atoms with Crippen LogP contribution in [0.25, 0.3) is 0 Å². The molecule has 4 aromatic carbocycles. The zero-order valence-corrected chi connectivity index (χ0v) is 18.1. The first-order valence-corrected chi connectivity index (χ1v) is 11.5. The molecule has 0 aromatic heterocycles. The van der Waals surface area contributed by atoms with Crippen LogP contribution in [0.1, 0.15) is 88.9 Å². The predicted octanol–water partition coefficient (Wildman–Crippen LogP) is 5.95. The van der Waals surface area contributed by atoms with E-state index in [0.29, 0.717) is 0 Å². The van der Waals surface area contributed by atoms with Gasteiger partial charge in [-0.25, -0.2) is 9.59 Å². The van der Waals surface area contributed by atoms with E-state index in [4.69, 9.17) is 0 Å². The molecule has 34 heavy (non-hydrogen) atoms. The summed E-state index contributed by atoms with van der Waals surface area (Å²) >= 11 is 0. The van der Waals surface area contributed by atoms with Gasteiger partial charge in [-0.2, -0.15) is 0 Å². The number of aromatic carboxylic acids is 2. The largest absolute Gasteiger partial charge is 0.478 e. The average Bonchev–Trinajstić information content (AvgIpc) is 2.84. The van der Waals surface area contributed by atoms with Crippen LogP contribution < -0.4 is 0 Å². The van der Waals surface area contributed by atoms with E-state index in [-0.39, 0.29) is 34.8 Å². The molecule has 0 unspecified atom stereocenters. The molecule has 0 aliphatic heterocycles. The van der Waals surface area contributed by atoms with Crippen molar-refractivity contribution in [3.8, 4) is 0 Å². The molecule has 4 heteroatoms. The van der Waals surface area contributed by atoms with Gasteiger partial charge in [0.25, 0.3) is 0 Å². The third-order valence-corrected chi connectivity index (χ3v) is 8.01. The fourth-order valence-electron chi connectivity index (χ4n) is 6.78. The Morgan fingerprint density at radius 1 is 0.441 bits per heavy atom. The number of carbonyl (C=O) groups is 2. The Bertz CT molecular complexity index is 1440. The van der Waals surface area contributed by atoms with E-state index in [0.717, 1.165) is 22.3 Å². The highest BCUT2D eigenvalue weighted by atomic mass is 16.4. The van der Waals surface area contributed by atoms with Crippen molar-refractivity contribution < 1.29 is 19.8 Å². The van der Waals surface area contributed by atoms with Crippen LogP contribution in [-0.2, 0) is 0 Å². The molecule has 4 aromatic rings. The van der Waals surface area contributed by atoms with Gasteiger partial charge in [0.2, 0.25) is 0 Å². The molecule has 0 atom stereocenters. The molecule has 4 nitrogen and oxygen atoms in total. The molecule has 0 amide bonds. The summed E-state index contributed by atoms with van der Waals surface area (Å²) in [6.45, 7) is 0. The summed E-state index contributed by atoms with van der Waals surface area (Å²) in [5.74, 6) is -2.08. The standard InChI is InChI=1S/C30H20O4/c31-29(32)15-9-11-21-23(13-15)28-24-14-16(30(33)34)10-12-22(24)27(21)25-17-5-1-3-7-19(17)26(28)20-8-4-2-6-18(20)25/h1-14,25-28H,(H,31,32)(H,33,34). The van der Waals surface area contributed by atoms with E-state index in [1.165, 1.54) is 22.3 Å². The molecule has 2 N–H and O–H groups in total. The summed E-state index contributed by atoms with van der Waals surface area (Å²) in [4.78, 5) is 23.8. The van der Waals surface area contributed by atoms with E-state index >= 15 is 0 Å². The van der Waals surface area contributed by atoms with Gasteiger partial charge >= 0.3 is 11.9 Å². The molecule has 6 aliphatic rings. The molecule has 6 aliphatic carbocycles. The first kappa shape index (κ1) is 19.3. The number of hydrogen-bond donors (Lipinski definition) is 2. The van der Waals surface area contributed by atoms with E-state index in [2.05, 4.69) is 48.5 Å². The van der Waals surface area contributed by atoms with Crippen molar-refractivity contribution in [2.24, 2.45) is 0 Å². The van der Waals surface area contributed by atoms with Crippen LogP contribution in [0.2, 0.25) is 0 Å². The Hall–Kier alpha value is -4.18. The average molecular weight is 444 g/mol. The second-order valence-electron chi connectivity index (χ2n) is 9.47. The Kier molecular flexibility index (Phi) is 3.79. The lowest BCUT2D eigenvalue weighted by atomic mass is 9.53. The normalized spacial score (nSPS) is 22.6. The third-order valence-electron chi connectivity index (χ3n) is 8.01. The van der Waals surface area contributed by atoms with Gasteiger partial charge in [0.1, 0.15) is 0 Å². The highest BCUT2D eigenvalue weighted by molar-refractivity contribution is 5.89. The van der Waals surface area contributed by atoms with Crippen LogP contribution in [0, 0.1) is 0 Å². The monoisotopic (exact) mass is 444 g/mol. The van der Waals surface area contributed by atoms with Crippen LogP contribution in [-0.4, -0.2) is 22.2 Å². The molecule has 0 fully saturated rings. The van der Waals surface area contributed by atoms with Crippen molar-refractivity contribution in [2.45, 2.75) is 23.7 Å². The van der Waals surface area contributed by atoms with Crippen molar-refractivity contribution in [3.05, 3.63) is 141 Å². The van der Waals surface area contributed by atoms with E-state index in [1.807, 2.05) is 24.3 Å². The van der Waals surface area contributed by atoms with E-state index in [9.17, 15) is 19.8 Å². The summed E-state index contributed by atoms with van der Waals surface area (Å²) in [6.07, 6.45) is 0. The molecule has 0 saturated heterocycles. The molecule has 0 radical (unpaired) electrons. The minimum Gasteiger partial charge on any atom is -0.478 e. The zero-order chi connectivity index (χ0) is 23.1. The van der Waals surface area contributed by atoms with Gasteiger partial charge in [0.15, 0.2) is 0 Å². The fourth-order valence-corrected chi connectivity index (χ4v) is 6.78. The SMILES string of the molecule is O=C(O)c1ccc2c(c1)C1c3cc(C(=O)O)ccc3C2C2c3ccccc3C1c1ccccc12. The van der Waals surface area contributed by atoms with Crippen LogP contribution >= 0.6 is 0 Å². The zero-order valence-electron chi connectivity index (χ0n) is 18.1. The maximum Gasteiger partial charge on any atom is 0.335 e. The number of rotatable bonds is 2. The summed E-state index contributed by atoms with van der Waals surface area (Å²) < 4.78 is 0. The second kappa shape index (κ2) is 6.67.